The highest BCUT2D eigenvalue weighted by atomic mass is 16.2. The number of rotatable bonds is 1. The number of amides is 1. The van der Waals surface area contributed by atoms with Crippen LogP contribution in [-0.2, 0) is 10.2 Å². The first-order valence-electron chi connectivity index (χ1n) is 4.90. The lowest BCUT2D eigenvalue weighted by atomic mass is 9.97. The van der Waals surface area contributed by atoms with Crippen LogP contribution in [0.4, 0.5) is 11.4 Å². The molecule has 1 aromatic rings. The maximum absolute atomic E-state index is 11.7. The van der Waals surface area contributed by atoms with E-state index in [0.717, 1.165) is 24.2 Å². The Labute approximate surface area is 82.5 Å². The lowest BCUT2D eigenvalue weighted by Gasteiger charge is -2.06. The van der Waals surface area contributed by atoms with Gasteiger partial charge in [0.05, 0.1) is 5.41 Å². The van der Waals surface area contributed by atoms with Gasteiger partial charge in [-0.15, -0.1) is 0 Å². The van der Waals surface area contributed by atoms with Crippen molar-refractivity contribution >= 4 is 17.3 Å². The van der Waals surface area contributed by atoms with Crippen molar-refractivity contribution in [1.29, 1.82) is 0 Å². The highest BCUT2D eigenvalue weighted by Crippen LogP contribution is 2.55. The summed E-state index contributed by atoms with van der Waals surface area (Å²) in [5.41, 5.74) is 3.08. The number of hydrogen-bond acceptors (Lipinski definition) is 2. The van der Waals surface area contributed by atoms with E-state index in [9.17, 15) is 4.79 Å². The van der Waals surface area contributed by atoms with Crippen LogP contribution in [0.5, 0.6) is 0 Å². The van der Waals surface area contributed by atoms with E-state index in [2.05, 4.69) is 16.7 Å². The van der Waals surface area contributed by atoms with E-state index in [1.54, 1.807) is 0 Å². The Balaban J connectivity index is 2.16. The Bertz CT molecular complexity index is 421. The number of carbonyl (C=O) groups is 1. The number of hydrogen-bond donors (Lipinski definition) is 2. The van der Waals surface area contributed by atoms with Crippen molar-refractivity contribution in [3.63, 3.8) is 0 Å². The summed E-state index contributed by atoms with van der Waals surface area (Å²) < 4.78 is 0. The standard InChI is InChI=1S/C11H12N2O/c1-12-7-2-3-9-8(6-7)11(4-5-11)10(14)13-9/h2-3,6,12H,4-5H2,1H3,(H,13,14). The summed E-state index contributed by atoms with van der Waals surface area (Å²) in [4.78, 5) is 11.7. The average molecular weight is 188 g/mol. The third-order valence-electron chi connectivity index (χ3n) is 3.26. The summed E-state index contributed by atoms with van der Waals surface area (Å²) in [5, 5.41) is 6.03. The van der Waals surface area contributed by atoms with Gasteiger partial charge in [0.1, 0.15) is 0 Å². The Morgan fingerprint density at radius 2 is 2.21 bits per heavy atom. The minimum absolute atomic E-state index is 0.164. The molecule has 2 N–H and O–H groups in total. The van der Waals surface area contributed by atoms with E-state index in [1.807, 2.05) is 19.2 Å². The molecule has 0 bridgehead atoms. The molecule has 1 aliphatic heterocycles. The molecule has 1 spiro atoms. The molecular weight excluding hydrogens is 176 g/mol. The zero-order valence-corrected chi connectivity index (χ0v) is 8.05. The van der Waals surface area contributed by atoms with Crippen molar-refractivity contribution in [2.24, 2.45) is 0 Å². The molecule has 2 aliphatic rings. The van der Waals surface area contributed by atoms with Crippen LogP contribution in [0.3, 0.4) is 0 Å². The molecule has 0 unspecified atom stereocenters. The van der Waals surface area contributed by atoms with E-state index in [1.165, 1.54) is 5.56 Å². The van der Waals surface area contributed by atoms with E-state index in [-0.39, 0.29) is 11.3 Å². The third-order valence-corrected chi connectivity index (χ3v) is 3.26. The number of benzene rings is 1. The quantitative estimate of drug-likeness (QED) is 0.704. The zero-order valence-electron chi connectivity index (χ0n) is 8.05. The Morgan fingerprint density at radius 3 is 2.86 bits per heavy atom. The molecule has 3 heteroatoms. The van der Waals surface area contributed by atoms with Gasteiger partial charge in [-0.05, 0) is 36.6 Å². The van der Waals surface area contributed by atoms with Gasteiger partial charge in [-0.25, -0.2) is 0 Å². The number of fused-ring (bicyclic) bond motifs is 2. The highest BCUT2D eigenvalue weighted by molar-refractivity contribution is 6.08. The molecule has 0 radical (unpaired) electrons. The molecular formula is C11H12N2O. The number of carbonyl (C=O) groups excluding carboxylic acids is 1. The minimum atomic E-state index is -0.164. The molecule has 1 aromatic carbocycles. The van der Waals surface area contributed by atoms with Gasteiger partial charge in [0.25, 0.3) is 0 Å². The summed E-state index contributed by atoms with van der Waals surface area (Å²) >= 11 is 0. The van der Waals surface area contributed by atoms with E-state index >= 15 is 0 Å². The first kappa shape index (κ1) is 7.85. The van der Waals surface area contributed by atoms with E-state index in [4.69, 9.17) is 0 Å². The van der Waals surface area contributed by atoms with Gasteiger partial charge in [-0.1, -0.05) is 0 Å². The average Bonchev–Trinajstić information content (AvgIpc) is 2.94. The Morgan fingerprint density at radius 1 is 1.43 bits per heavy atom. The fourth-order valence-corrected chi connectivity index (χ4v) is 2.19. The van der Waals surface area contributed by atoms with Crippen molar-refractivity contribution in [3.05, 3.63) is 23.8 Å². The smallest absolute Gasteiger partial charge is 0.235 e. The third kappa shape index (κ3) is 0.794. The lowest BCUT2D eigenvalue weighted by Crippen LogP contribution is -2.18. The topological polar surface area (TPSA) is 41.1 Å². The molecule has 0 atom stereocenters. The lowest BCUT2D eigenvalue weighted by molar-refractivity contribution is -0.117. The Kier molecular flexibility index (Phi) is 1.29. The molecule has 1 amide bonds. The summed E-state index contributed by atoms with van der Waals surface area (Å²) in [6, 6.07) is 6.05. The first-order valence-corrected chi connectivity index (χ1v) is 4.90. The molecule has 1 aliphatic carbocycles. The maximum atomic E-state index is 11.7. The van der Waals surface area contributed by atoms with Gasteiger partial charge in [0.2, 0.25) is 5.91 Å². The predicted octanol–water partition coefficient (Wildman–Crippen LogP) is 1.71. The van der Waals surface area contributed by atoms with Gasteiger partial charge in [0, 0.05) is 18.4 Å². The Hall–Kier alpha value is -1.51. The molecule has 3 rings (SSSR count). The molecule has 0 saturated heterocycles. The van der Waals surface area contributed by atoms with Gasteiger partial charge >= 0.3 is 0 Å². The van der Waals surface area contributed by atoms with Crippen molar-refractivity contribution in [3.8, 4) is 0 Å². The van der Waals surface area contributed by atoms with E-state index in [0.29, 0.717) is 0 Å². The van der Waals surface area contributed by atoms with Crippen LogP contribution >= 0.6 is 0 Å². The van der Waals surface area contributed by atoms with Gasteiger partial charge in [0.15, 0.2) is 0 Å². The first-order chi connectivity index (χ1) is 6.76. The van der Waals surface area contributed by atoms with Gasteiger partial charge < -0.3 is 10.6 Å². The van der Waals surface area contributed by atoms with Crippen LogP contribution in [0.2, 0.25) is 0 Å². The highest BCUT2D eigenvalue weighted by Gasteiger charge is 2.56. The predicted molar refractivity (Wildman–Crippen MR) is 55.5 cm³/mol. The normalized spacial score (nSPS) is 20.5. The fourth-order valence-electron chi connectivity index (χ4n) is 2.19. The van der Waals surface area contributed by atoms with Crippen LogP contribution in [-0.4, -0.2) is 13.0 Å². The van der Waals surface area contributed by atoms with Crippen LogP contribution in [0.25, 0.3) is 0 Å². The zero-order chi connectivity index (χ0) is 9.76. The molecule has 14 heavy (non-hydrogen) atoms. The number of anilines is 2. The van der Waals surface area contributed by atoms with Crippen LogP contribution in [0.1, 0.15) is 18.4 Å². The van der Waals surface area contributed by atoms with Gasteiger partial charge in [-0.3, -0.25) is 4.79 Å². The number of nitrogens with one attached hydrogen (secondary N) is 2. The largest absolute Gasteiger partial charge is 0.388 e. The monoisotopic (exact) mass is 188 g/mol. The molecule has 3 nitrogen and oxygen atoms in total. The molecule has 0 aromatic heterocycles. The van der Waals surface area contributed by atoms with Crippen molar-refractivity contribution in [2.45, 2.75) is 18.3 Å². The van der Waals surface area contributed by atoms with Crippen molar-refractivity contribution < 1.29 is 4.79 Å². The molecule has 72 valence electrons. The summed E-state index contributed by atoms with van der Waals surface area (Å²) in [5.74, 6) is 0.181. The molecule has 1 heterocycles. The summed E-state index contributed by atoms with van der Waals surface area (Å²) in [6.07, 6.45) is 2.00. The van der Waals surface area contributed by atoms with E-state index < -0.39 is 0 Å². The fraction of sp³-hybridized carbons (Fsp3) is 0.364. The maximum Gasteiger partial charge on any atom is 0.235 e. The van der Waals surface area contributed by atoms with Gasteiger partial charge in [-0.2, -0.15) is 0 Å². The second-order valence-corrected chi connectivity index (χ2v) is 4.05. The summed E-state index contributed by atoms with van der Waals surface area (Å²) in [6.45, 7) is 0. The summed E-state index contributed by atoms with van der Waals surface area (Å²) in [7, 11) is 1.89. The minimum Gasteiger partial charge on any atom is -0.388 e. The SMILES string of the molecule is CNc1ccc2c(c1)C1(CC1)C(=O)N2. The molecule has 1 saturated carbocycles. The second-order valence-electron chi connectivity index (χ2n) is 4.05. The van der Waals surface area contributed by atoms with Crippen LogP contribution in [0, 0.1) is 0 Å². The van der Waals surface area contributed by atoms with Crippen molar-refractivity contribution in [2.75, 3.05) is 17.7 Å². The second kappa shape index (κ2) is 2.29. The van der Waals surface area contributed by atoms with Crippen LogP contribution in [0.15, 0.2) is 18.2 Å². The van der Waals surface area contributed by atoms with Crippen molar-refractivity contribution in [1.82, 2.24) is 0 Å². The van der Waals surface area contributed by atoms with Crippen LogP contribution < -0.4 is 10.6 Å². The molecule has 1 fully saturated rings.